The zero-order valence-electron chi connectivity index (χ0n) is 7.38. The fourth-order valence-corrected chi connectivity index (χ4v) is 1.04. The van der Waals surface area contributed by atoms with Gasteiger partial charge in [-0.25, -0.2) is 4.98 Å². The van der Waals surface area contributed by atoms with Crippen LogP contribution in [0.15, 0.2) is 0 Å². The van der Waals surface area contributed by atoms with Gasteiger partial charge in [-0.3, -0.25) is 4.79 Å². The van der Waals surface area contributed by atoms with E-state index in [0.29, 0.717) is 6.29 Å². The van der Waals surface area contributed by atoms with Gasteiger partial charge in [-0.05, 0) is 31.9 Å². The lowest BCUT2D eigenvalue weighted by Crippen LogP contribution is -1.97. The standard InChI is InChI=1S/C9H11NO2/c1-5-6(2)9(12)8(4-11)10-7(5)3/h4,12H,1-3H3. The summed E-state index contributed by atoms with van der Waals surface area (Å²) in [5.74, 6) is -0.00639. The lowest BCUT2D eigenvalue weighted by Gasteiger charge is -2.07. The van der Waals surface area contributed by atoms with Crippen LogP contribution in [-0.4, -0.2) is 16.4 Å². The molecule has 3 nitrogen and oxygen atoms in total. The van der Waals surface area contributed by atoms with Gasteiger partial charge in [0, 0.05) is 5.69 Å². The molecule has 0 spiro atoms. The molecule has 0 fully saturated rings. The summed E-state index contributed by atoms with van der Waals surface area (Å²) < 4.78 is 0. The molecule has 12 heavy (non-hydrogen) atoms. The molecule has 1 heterocycles. The molecule has 0 atom stereocenters. The molecule has 1 aromatic rings. The zero-order valence-corrected chi connectivity index (χ0v) is 7.38. The highest BCUT2D eigenvalue weighted by atomic mass is 16.3. The number of nitrogens with zero attached hydrogens (tertiary/aromatic N) is 1. The van der Waals surface area contributed by atoms with Crippen molar-refractivity contribution in [1.82, 2.24) is 4.98 Å². The third-order valence-electron chi connectivity index (χ3n) is 2.10. The topological polar surface area (TPSA) is 50.2 Å². The van der Waals surface area contributed by atoms with Crippen LogP contribution in [0.3, 0.4) is 0 Å². The van der Waals surface area contributed by atoms with Crippen molar-refractivity contribution in [2.45, 2.75) is 20.8 Å². The van der Waals surface area contributed by atoms with Crippen LogP contribution in [0, 0.1) is 20.8 Å². The first-order valence-electron chi connectivity index (χ1n) is 3.70. The maximum absolute atomic E-state index is 10.4. The molecule has 0 radical (unpaired) electrons. The monoisotopic (exact) mass is 165 g/mol. The van der Waals surface area contributed by atoms with Gasteiger partial charge >= 0.3 is 0 Å². The van der Waals surface area contributed by atoms with E-state index in [0.717, 1.165) is 16.8 Å². The minimum atomic E-state index is -0.00639. The van der Waals surface area contributed by atoms with Crippen molar-refractivity contribution in [2.75, 3.05) is 0 Å². The number of carbonyl (C=O) groups excluding carboxylic acids is 1. The molecule has 0 bridgehead atoms. The second-order valence-electron chi connectivity index (χ2n) is 2.80. The Balaban J connectivity index is 3.49. The number of pyridine rings is 1. The summed E-state index contributed by atoms with van der Waals surface area (Å²) in [7, 11) is 0. The van der Waals surface area contributed by atoms with E-state index in [1.165, 1.54) is 0 Å². The predicted octanol–water partition coefficient (Wildman–Crippen LogP) is 1.52. The van der Waals surface area contributed by atoms with Crippen molar-refractivity contribution in [3.05, 3.63) is 22.5 Å². The highest BCUT2D eigenvalue weighted by molar-refractivity contribution is 5.77. The molecule has 0 aliphatic rings. The maximum atomic E-state index is 10.4. The summed E-state index contributed by atoms with van der Waals surface area (Å²) >= 11 is 0. The Morgan fingerprint density at radius 2 is 1.83 bits per heavy atom. The number of rotatable bonds is 1. The van der Waals surface area contributed by atoms with E-state index in [-0.39, 0.29) is 11.4 Å². The Bertz CT molecular complexity index is 332. The fraction of sp³-hybridized carbons (Fsp3) is 0.333. The molecule has 0 saturated heterocycles. The van der Waals surface area contributed by atoms with E-state index in [1.807, 2.05) is 13.8 Å². The van der Waals surface area contributed by atoms with Gasteiger partial charge in [-0.2, -0.15) is 0 Å². The Hall–Kier alpha value is -1.38. The Kier molecular flexibility index (Phi) is 2.13. The number of aldehydes is 1. The Morgan fingerprint density at radius 1 is 1.25 bits per heavy atom. The number of aryl methyl sites for hydroxylation is 1. The van der Waals surface area contributed by atoms with E-state index in [1.54, 1.807) is 6.92 Å². The molecule has 1 N–H and O–H groups in total. The predicted molar refractivity (Wildman–Crippen MR) is 45.5 cm³/mol. The van der Waals surface area contributed by atoms with Gasteiger partial charge in [-0.15, -0.1) is 0 Å². The van der Waals surface area contributed by atoms with Gasteiger partial charge in [0.05, 0.1) is 0 Å². The lowest BCUT2D eigenvalue weighted by molar-refractivity contribution is 0.111. The van der Waals surface area contributed by atoms with Crippen LogP contribution < -0.4 is 0 Å². The molecule has 0 saturated carbocycles. The highest BCUT2D eigenvalue weighted by Crippen LogP contribution is 2.23. The molecular formula is C9H11NO2. The summed E-state index contributed by atoms with van der Waals surface area (Å²) in [6.45, 7) is 5.45. The van der Waals surface area contributed by atoms with Crippen LogP contribution in [0.5, 0.6) is 5.75 Å². The number of carbonyl (C=O) groups is 1. The van der Waals surface area contributed by atoms with Gasteiger partial charge in [0.25, 0.3) is 0 Å². The van der Waals surface area contributed by atoms with Crippen LogP contribution in [0.2, 0.25) is 0 Å². The molecule has 0 unspecified atom stereocenters. The third-order valence-corrected chi connectivity index (χ3v) is 2.10. The highest BCUT2D eigenvalue weighted by Gasteiger charge is 2.09. The quantitative estimate of drug-likeness (QED) is 0.642. The molecule has 64 valence electrons. The molecule has 1 aromatic heterocycles. The second kappa shape index (κ2) is 2.93. The van der Waals surface area contributed by atoms with Crippen molar-refractivity contribution in [3.8, 4) is 5.75 Å². The van der Waals surface area contributed by atoms with Crippen LogP contribution in [0.25, 0.3) is 0 Å². The van der Waals surface area contributed by atoms with E-state index in [4.69, 9.17) is 0 Å². The summed E-state index contributed by atoms with van der Waals surface area (Å²) in [6, 6.07) is 0. The number of aromatic nitrogens is 1. The van der Waals surface area contributed by atoms with Crippen LogP contribution >= 0.6 is 0 Å². The van der Waals surface area contributed by atoms with E-state index >= 15 is 0 Å². The molecule has 3 heteroatoms. The molecule has 1 rings (SSSR count). The summed E-state index contributed by atoms with van der Waals surface area (Å²) in [4.78, 5) is 14.4. The smallest absolute Gasteiger partial charge is 0.172 e. The van der Waals surface area contributed by atoms with Crippen molar-refractivity contribution < 1.29 is 9.90 Å². The first-order valence-corrected chi connectivity index (χ1v) is 3.70. The van der Waals surface area contributed by atoms with E-state index in [9.17, 15) is 9.90 Å². The number of aromatic hydroxyl groups is 1. The number of hydrogen-bond donors (Lipinski definition) is 1. The first-order chi connectivity index (χ1) is 5.57. The molecule has 0 aliphatic carbocycles. The molecular weight excluding hydrogens is 154 g/mol. The Labute approximate surface area is 71.1 Å². The van der Waals surface area contributed by atoms with Crippen molar-refractivity contribution in [2.24, 2.45) is 0 Å². The first kappa shape index (κ1) is 8.71. The average Bonchev–Trinajstić information content (AvgIpc) is 2.08. The SMILES string of the molecule is Cc1nc(C=O)c(O)c(C)c1C. The van der Waals surface area contributed by atoms with Gasteiger partial charge < -0.3 is 5.11 Å². The van der Waals surface area contributed by atoms with Gasteiger partial charge in [0.15, 0.2) is 6.29 Å². The molecule has 0 amide bonds. The molecule has 0 aliphatic heterocycles. The third kappa shape index (κ3) is 1.18. The van der Waals surface area contributed by atoms with Gasteiger partial charge in [0.1, 0.15) is 11.4 Å². The van der Waals surface area contributed by atoms with Gasteiger partial charge in [-0.1, -0.05) is 0 Å². The van der Waals surface area contributed by atoms with Crippen molar-refractivity contribution in [3.63, 3.8) is 0 Å². The lowest BCUT2D eigenvalue weighted by atomic mass is 10.1. The normalized spacial score (nSPS) is 9.92. The van der Waals surface area contributed by atoms with Crippen molar-refractivity contribution in [1.29, 1.82) is 0 Å². The van der Waals surface area contributed by atoms with E-state index in [2.05, 4.69) is 4.98 Å². The summed E-state index contributed by atoms with van der Waals surface area (Å²) in [6.07, 6.45) is 0.564. The summed E-state index contributed by atoms with van der Waals surface area (Å²) in [5, 5.41) is 9.41. The van der Waals surface area contributed by atoms with E-state index < -0.39 is 0 Å². The second-order valence-corrected chi connectivity index (χ2v) is 2.80. The summed E-state index contributed by atoms with van der Waals surface area (Å²) in [5.41, 5.74) is 2.56. The van der Waals surface area contributed by atoms with Gasteiger partial charge in [0.2, 0.25) is 0 Å². The van der Waals surface area contributed by atoms with Crippen molar-refractivity contribution >= 4 is 6.29 Å². The Morgan fingerprint density at radius 3 is 2.33 bits per heavy atom. The minimum absolute atomic E-state index is 0.00639. The number of hydrogen-bond acceptors (Lipinski definition) is 3. The maximum Gasteiger partial charge on any atom is 0.172 e. The minimum Gasteiger partial charge on any atom is -0.505 e. The van der Waals surface area contributed by atoms with Crippen LogP contribution in [-0.2, 0) is 0 Å². The molecule has 0 aromatic carbocycles. The average molecular weight is 165 g/mol. The largest absolute Gasteiger partial charge is 0.505 e. The van der Waals surface area contributed by atoms with Crippen LogP contribution in [0.1, 0.15) is 27.3 Å². The fourth-order valence-electron chi connectivity index (χ4n) is 1.04. The zero-order chi connectivity index (χ0) is 9.30. The van der Waals surface area contributed by atoms with Crippen LogP contribution in [0.4, 0.5) is 0 Å².